The first-order chi connectivity index (χ1) is 7.31. The maximum atomic E-state index is 4.50. The molecule has 0 saturated carbocycles. The SMILES string of the molecule is C=C/C=C\C(=C)c1nc2ccccc2s1. The van der Waals surface area contributed by atoms with Crippen molar-refractivity contribution in [2.75, 3.05) is 0 Å². The molecule has 0 aliphatic rings. The van der Waals surface area contributed by atoms with E-state index in [1.165, 1.54) is 4.70 Å². The molecule has 1 aromatic carbocycles. The fourth-order valence-corrected chi connectivity index (χ4v) is 2.18. The Bertz CT molecular complexity index is 501. The fourth-order valence-electron chi connectivity index (χ4n) is 1.27. The van der Waals surface area contributed by atoms with Crippen LogP contribution in [-0.4, -0.2) is 4.98 Å². The molecule has 0 N–H and O–H groups in total. The highest BCUT2D eigenvalue weighted by molar-refractivity contribution is 7.19. The monoisotopic (exact) mass is 213 g/mol. The van der Waals surface area contributed by atoms with Crippen molar-refractivity contribution >= 4 is 27.1 Å². The Labute approximate surface area is 93.1 Å². The minimum absolute atomic E-state index is 0.927. The van der Waals surface area contributed by atoms with E-state index >= 15 is 0 Å². The number of benzene rings is 1. The minimum atomic E-state index is 0.927. The number of hydrogen-bond acceptors (Lipinski definition) is 2. The van der Waals surface area contributed by atoms with Gasteiger partial charge in [-0.25, -0.2) is 4.98 Å². The van der Waals surface area contributed by atoms with Crippen LogP contribution in [0.5, 0.6) is 0 Å². The zero-order valence-electron chi connectivity index (χ0n) is 8.31. The first kappa shape index (κ1) is 9.87. The third-order valence-electron chi connectivity index (χ3n) is 2.00. The van der Waals surface area contributed by atoms with Gasteiger partial charge in [-0.15, -0.1) is 11.3 Å². The van der Waals surface area contributed by atoms with Gasteiger partial charge in [0, 0.05) is 5.57 Å². The third kappa shape index (κ3) is 2.05. The second-order valence-electron chi connectivity index (χ2n) is 3.11. The molecule has 0 unspecified atom stereocenters. The first-order valence-corrected chi connectivity index (χ1v) is 5.47. The quantitative estimate of drug-likeness (QED) is 0.701. The summed E-state index contributed by atoms with van der Waals surface area (Å²) in [5, 5.41) is 0.967. The van der Waals surface area contributed by atoms with Gasteiger partial charge in [-0.3, -0.25) is 0 Å². The number of para-hydroxylation sites is 1. The summed E-state index contributed by atoms with van der Waals surface area (Å²) in [6, 6.07) is 8.10. The van der Waals surface area contributed by atoms with E-state index in [-0.39, 0.29) is 0 Å². The van der Waals surface area contributed by atoms with Crippen molar-refractivity contribution in [2.45, 2.75) is 0 Å². The van der Waals surface area contributed by atoms with E-state index in [0.29, 0.717) is 0 Å². The van der Waals surface area contributed by atoms with Crippen LogP contribution in [0, 0.1) is 0 Å². The number of hydrogen-bond donors (Lipinski definition) is 0. The topological polar surface area (TPSA) is 12.9 Å². The summed E-state index contributed by atoms with van der Waals surface area (Å²) in [6.45, 7) is 7.60. The van der Waals surface area contributed by atoms with Gasteiger partial charge < -0.3 is 0 Å². The summed E-state index contributed by atoms with van der Waals surface area (Å²) in [5.74, 6) is 0. The van der Waals surface area contributed by atoms with Crippen LogP contribution < -0.4 is 0 Å². The molecule has 0 aliphatic heterocycles. The highest BCUT2D eigenvalue weighted by Gasteiger charge is 2.03. The van der Waals surface area contributed by atoms with Crippen LogP contribution in [0.1, 0.15) is 5.01 Å². The Balaban J connectivity index is 2.40. The molecule has 0 saturated heterocycles. The van der Waals surface area contributed by atoms with Gasteiger partial charge in [0.05, 0.1) is 10.2 Å². The molecular weight excluding hydrogens is 202 g/mol. The zero-order chi connectivity index (χ0) is 10.7. The molecule has 0 bridgehead atoms. The number of allylic oxidation sites excluding steroid dienone is 4. The molecule has 0 radical (unpaired) electrons. The number of aromatic nitrogens is 1. The Morgan fingerprint density at radius 1 is 1.33 bits per heavy atom. The van der Waals surface area contributed by atoms with E-state index in [0.717, 1.165) is 16.1 Å². The molecule has 1 aromatic heterocycles. The highest BCUT2D eigenvalue weighted by Crippen LogP contribution is 2.26. The van der Waals surface area contributed by atoms with Crippen LogP contribution >= 0.6 is 11.3 Å². The lowest BCUT2D eigenvalue weighted by Gasteiger charge is -1.89. The number of thiazole rings is 1. The molecule has 2 aromatic rings. The van der Waals surface area contributed by atoms with Gasteiger partial charge in [-0.1, -0.05) is 43.5 Å². The van der Waals surface area contributed by atoms with E-state index in [2.05, 4.69) is 24.2 Å². The number of rotatable bonds is 3. The molecule has 2 rings (SSSR count). The maximum Gasteiger partial charge on any atom is 0.124 e. The zero-order valence-corrected chi connectivity index (χ0v) is 9.13. The molecule has 1 nitrogen and oxygen atoms in total. The Kier molecular flexibility index (Phi) is 2.79. The van der Waals surface area contributed by atoms with Gasteiger partial charge in [-0.2, -0.15) is 0 Å². The summed E-state index contributed by atoms with van der Waals surface area (Å²) in [5.41, 5.74) is 1.96. The van der Waals surface area contributed by atoms with E-state index in [1.807, 2.05) is 30.4 Å². The van der Waals surface area contributed by atoms with Gasteiger partial charge in [0.2, 0.25) is 0 Å². The van der Waals surface area contributed by atoms with Crippen molar-refractivity contribution in [3.8, 4) is 0 Å². The largest absolute Gasteiger partial charge is 0.236 e. The predicted molar refractivity (Wildman–Crippen MR) is 68.0 cm³/mol. The molecule has 1 heterocycles. The predicted octanol–water partition coefficient (Wildman–Crippen LogP) is 4.05. The molecule has 0 amide bonds. The Morgan fingerprint density at radius 3 is 2.87 bits per heavy atom. The second kappa shape index (κ2) is 4.24. The lowest BCUT2D eigenvalue weighted by atomic mass is 10.3. The molecule has 0 atom stereocenters. The van der Waals surface area contributed by atoms with Crippen molar-refractivity contribution in [1.82, 2.24) is 4.98 Å². The number of fused-ring (bicyclic) bond motifs is 1. The van der Waals surface area contributed by atoms with Crippen molar-refractivity contribution < 1.29 is 0 Å². The lowest BCUT2D eigenvalue weighted by Crippen LogP contribution is -1.74. The summed E-state index contributed by atoms with van der Waals surface area (Å²) >= 11 is 1.66. The van der Waals surface area contributed by atoms with E-state index in [4.69, 9.17) is 0 Å². The number of nitrogens with zero attached hydrogens (tertiary/aromatic N) is 1. The Morgan fingerprint density at radius 2 is 2.13 bits per heavy atom. The van der Waals surface area contributed by atoms with E-state index in [1.54, 1.807) is 17.4 Å². The smallest absolute Gasteiger partial charge is 0.124 e. The van der Waals surface area contributed by atoms with Gasteiger partial charge in [0.15, 0.2) is 0 Å². The molecule has 0 fully saturated rings. The maximum absolute atomic E-state index is 4.50. The Hall–Kier alpha value is -1.67. The van der Waals surface area contributed by atoms with Crippen molar-refractivity contribution in [2.24, 2.45) is 0 Å². The summed E-state index contributed by atoms with van der Waals surface area (Å²) in [4.78, 5) is 4.50. The van der Waals surface area contributed by atoms with Crippen LogP contribution in [0.15, 0.2) is 55.7 Å². The van der Waals surface area contributed by atoms with Crippen molar-refractivity contribution in [3.63, 3.8) is 0 Å². The second-order valence-corrected chi connectivity index (χ2v) is 4.14. The van der Waals surface area contributed by atoms with Crippen LogP contribution in [-0.2, 0) is 0 Å². The van der Waals surface area contributed by atoms with Gasteiger partial charge in [0.1, 0.15) is 5.01 Å². The van der Waals surface area contributed by atoms with Gasteiger partial charge in [0.25, 0.3) is 0 Å². The highest BCUT2D eigenvalue weighted by atomic mass is 32.1. The summed E-state index contributed by atoms with van der Waals surface area (Å²) < 4.78 is 1.20. The average Bonchev–Trinajstić information content (AvgIpc) is 2.69. The van der Waals surface area contributed by atoms with Gasteiger partial charge in [-0.05, 0) is 12.1 Å². The third-order valence-corrected chi connectivity index (χ3v) is 3.11. The average molecular weight is 213 g/mol. The van der Waals surface area contributed by atoms with E-state index in [9.17, 15) is 0 Å². The summed E-state index contributed by atoms with van der Waals surface area (Å²) in [6.07, 6.45) is 5.53. The van der Waals surface area contributed by atoms with Crippen molar-refractivity contribution in [3.05, 3.63) is 60.7 Å². The molecule has 74 valence electrons. The van der Waals surface area contributed by atoms with E-state index < -0.39 is 0 Å². The molecule has 2 heteroatoms. The molecule has 0 spiro atoms. The molecule has 15 heavy (non-hydrogen) atoms. The standard InChI is InChI=1S/C13H11NS/c1-3-4-7-10(2)13-14-11-8-5-6-9-12(11)15-13/h3-9H,1-2H2/b7-4-. The normalized spacial score (nSPS) is 10.9. The van der Waals surface area contributed by atoms with Crippen LogP contribution in [0.2, 0.25) is 0 Å². The fraction of sp³-hybridized carbons (Fsp3) is 0. The van der Waals surface area contributed by atoms with Crippen LogP contribution in [0.25, 0.3) is 15.8 Å². The molecule has 0 aliphatic carbocycles. The minimum Gasteiger partial charge on any atom is -0.236 e. The van der Waals surface area contributed by atoms with Gasteiger partial charge >= 0.3 is 0 Å². The molecular formula is C13H11NS. The first-order valence-electron chi connectivity index (χ1n) is 4.65. The van der Waals surface area contributed by atoms with Crippen molar-refractivity contribution in [1.29, 1.82) is 0 Å². The van der Waals surface area contributed by atoms with Crippen LogP contribution in [0.3, 0.4) is 0 Å². The van der Waals surface area contributed by atoms with Crippen LogP contribution in [0.4, 0.5) is 0 Å². The summed E-state index contributed by atoms with van der Waals surface area (Å²) in [7, 11) is 0. The lowest BCUT2D eigenvalue weighted by molar-refractivity contribution is 1.45.